The number of carbonyl (C=O) groups is 1. The van der Waals surface area contributed by atoms with E-state index in [4.69, 9.17) is 23.2 Å². The van der Waals surface area contributed by atoms with E-state index < -0.39 is 0 Å². The van der Waals surface area contributed by atoms with Gasteiger partial charge in [-0.15, -0.1) is 11.8 Å². The van der Waals surface area contributed by atoms with Crippen LogP contribution >= 0.6 is 35.0 Å². The highest BCUT2D eigenvalue weighted by atomic mass is 35.5. The molecule has 1 heterocycles. The van der Waals surface area contributed by atoms with Gasteiger partial charge < -0.3 is 4.57 Å². The smallest absolute Gasteiger partial charge is 0.250 e. The first-order valence-electron chi connectivity index (χ1n) is 9.44. The van der Waals surface area contributed by atoms with E-state index in [2.05, 4.69) is 41.7 Å². The zero-order valence-corrected chi connectivity index (χ0v) is 19.4. The molecule has 4 nitrogen and oxygen atoms in total. The second-order valence-corrected chi connectivity index (χ2v) is 8.86. The van der Waals surface area contributed by atoms with E-state index >= 15 is 0 Å². The fourth-order valence-electron chi connectivity index (χ4n) is 3.10. The minimum atomic E-state index is -0.127. The molecule has 0 saturated carbocycles. The summed E-state index contributed by atoms with van der Waals surface area (Å²) in [7, 11) is 0. The molecule has 0 unspecified atom stereocenters. The van der Waals surface area contributed by atoms with Crippen LogP contribution in [0.1, 0.15) is 28.1 Å². The Hall–Kier alpha value is -2.21. The van der Waals surface area contributed by atoms with Gasteiger partial charge in [0.15, 0.2) is 0 Å². The maximum absolute atomic E-state index is 12.1. The summed E-state index contributed by atoms with van der Waals surface area (Å²) in [5, 5.41) is 5.29. The van der Waals surface area contributed by atoms with Crippen molar-refractivity contribution in [2.45, 2.75) is 26.5 Å². The van der Waals surface area contributed by atoms with Gasteiger partial charge in [-0.1, -0.05) is 53.0 Å². The molecule has 0 aliphatic rings. The van der Waals surface area contributed by atoms with Crippen LogP contribution in [0.15, 0.2) is 53.6 Å². The molecule has 1 aromatic heterocycles. The summed E-state index contributed by atoms with van der Waals surface area (Å²) in [6.45, 7) is 6.04. The number of hydrogen-bond acceptors (Lipinski definition) is 3. The van der Waals surface area contributed by atoms with Gasteiger partial charge in [0.2, 0.25) is 5.91 Å². The van der Waals surface area contributed by atoms with Crippen molar-refractivity contribution in [1.29, 1.82) is 0 Å². The van der Waals surface area contributed by atoms with Crippen LogP contribution in [0.3, 0.4) is 0 Å². The Labute approximate surface area is 191 Å². The number of carbonyl (C=O) groups excluding carboxylic acids is 1. The second kappa shape index (κ2) is 10.2. The predicted molar refractivity (Wildman–Crippen MR) is 128 cm³/mol. The number of amides is 1. The van der Waals surface area contributed by atoms with Gasteiger partial charge in [-0.25, -0.2) is 5.43 Å². The standard InChI is InChI=1S/C23H23Cl2N3OS/c1-15-4-6-18(7-5-15)13-30-14-23(29)27-26-12-19-10-16(2)28(17(19)3)22-9-8-20(24)11-21(22)25/h4-12H,13-14H2,1-3H3,(H,27,29)/b26-12-. The molecule has 0 aliphatic heterocycles. The molecule has 2 aromatic carbocycles. The van der Waals surface area contributed by atoms with E-state index in [1.807, 2.05) is 36.6 Å². The summed E-state index contributed by atoms with van der Waals surface area (Å²) in [6.07, 6.45) is 1.66. The summed E-state index contributed by atoms with van der Waals surface area (Å²) in [5.41, 5.74) is 8.78. The van der Waals surface area contributed by atoms with Crippen molar-refractivity contribution < 1.29 is 4.79 Å². The van der Waals surface area contributed by atoms with Crippen molar-refractivity contribution in [3.05, 3.63) is 86.7 Å². The highest BCUT2D eigenvalue weighted by Crippen LogP contribution is 2.28. The number of halogens is 2. The van der Waals surface area contributed by atoms with Crippen LogP contribution in [0.5, 0.6) is 0 Å². The van der Waals surface area contributed by atoms with Crippen LogP contribution in [0.25, 0.3) is 5.69 Å². The van der Waals surface area contributed by atoms with Gasteiger partial charge in [0, 0.05) is 27.7 Å². The van der Waals surface area contributed by atoms with Gasteiger partial charge in [-0.3, -0.25) is 4.79 Å². The van der Waals surface area contributed by atoms with Crippen LogP contribution in [-0.2, 0) is 10.5 Å². The summed E-state index contributed by atoms with van der Waals surface area (Å²) in [6, 6.07) is 15.7. The van der Waals surface area contributed by atoms with Gasteiger partial charge in [0.05, 0.1) is 22.7 Å². The molecule has 0 saturated heterocycles. The average molecular weight is 460 g/mol. The Kier molecular flexibility index (Phi) is 7.64. The van der Waals surface area contributed by atoms with Crippen molar-refractivity contribution >= 4 is 47.1 Å². The van der Waals surface area contributed by atoms with Crippen molar-refractivity contribution in [1.82, 2.24) is 9.99 Å². The lowest BCUT2D eigenvalue weighted by Crippen LogP contribution is -2.19. The van der Waals surface area contributed by atoms with E-state index in [1.54, 1.807) is 24.0 Å². The van der Waals surface area contributed by atoms with Gasteiger partial charge in [0.1, 0.15) is 0 Å². The first-order valence-corrected chi connectivity index (χ1v) is 11.4. The number of thioether (sulfide) groups is 1. The summed E-state index contributed by atoms with van der Waals surface area (Å²) in [4.78, 5) is 12.1. The lowest BCUT2D eigenvalue weighted by molar-refractivity contribution is -0.118. The Bertz CT molecular complexity index is 1070. The number of nitrogens with one attached hydrogen (secondary N) is 1. The summed E-state index contributed by atoms with van der Waals surface area (Å²) >= 11 is 13.9. The number of nitrogens with zero attached hydrogens (tertiary/aromatic N) is 2. The quantitative estimate of drug-likeness (QED) is 0.343. The number of benzene rings is 2. The first kappa shape index (κ1) is 22.5. The third-order valence-electron chi connectivity index (χ3n) is 4.64. The fourth-order valence-corrected chi connectivity index (χ4v) is 4.38. The zero-order valence-electron chi connectivity index (χ0n) is 17.1. The molecule has 0 fully saturated rings. The molecule has 0 bridgehead atoms. The molecule has 3 rings (SSSR count). The summed E-state index contributed by atoms with van der Waals surface area (Å²) < 4.78 is 2.04. The van der Waals surface area contributed by atoms with Crippen LogP contribution in [0, 0.1) is 20.8 Å². The molecule has 1 amide bonds. The molecule has 156 valence electrons. The zero-order chi connectivity index (χ0) is 21.7. The van der Waals surface area contributed by atoms with Gasteiger partial charge >= 0.3 is 0 Å². The lowest BCUT2D eigenvalue weighted by atomic mass is 10.2. The van der Waals surface area contributed by atoms with E-state index in [9.17, 15) is 4.79 Å². The number of hydrazone groups is 1. The van der Waals surface area contributed by atoms with Crippen molar-refractivity contribution in [2.75, 3.05) is 5.75 Å². The number of hydrogen-bond donors (Lipinski definition) is 1. The minimum Gasteiger partial charge on any atom is -0.316 e. The average Bonchev–Trinajstić information content (AvgIpc) is 2.97. The van der Waals surface area contributed by atoms with Crippen molar-refractivity contribution in [2.24, 2.45) is 5.10 Å². The Morgan fingerprint density at radius 3 is 2.53 bits per heavy atom. The fraction of sp³-hybridized carbons (Fsp3) is 0.217. The van der Waals surface area contributed by atoms with Crippen LogP contribution < -0.4 is 5.43 Å². The number of aromatic nitrogens is 1. The predicted octanol–water partition coefficient (Wildman–Crippen LogP) is 6.09. The number of aryl methyl sites for hydroxylation is 2. The molecule has 0 atom stereocenters. The molecular formula is C23H23Cl2N3OS. The maximum atomic E-state index is 12.1. The van der Waals surface area contributed by atoms with Crippen LogP contribution in [-0.4, -0.2) is 22.4 Å². The second-order valence-electron chi connectivity index (χ2n) is 7.03. The molecule has 0 radical (unpaired) electrons. The Morgan fingerprint density at radius 1 is 1.10 bits per heavy atom. The maximum Gasteiger partial charge on any atom is 0.250 e. The molecule has 3 aromatic rings. The Morgan fingerprint density at radius 2 is 1.83 bits per heavy atom. The van der Waals surface area contributed by atoms with E-state index in [0.717, 1.165) is 28.4 Å². The normalized spacial score (nSPS) is 11.2. The molecule has 30 heavy (non-hydrogen) atoms. The highest BCUT2D eigenvalue weighted by molar-refractivity contribution is 7.99. The third kappa shape index (κ3) is 5.69. The SMILES string of the molecule is Cc1ccc(CSCC(=O)N/N=C\c2cc(C)n(-c3ccc(Cl)cc3Cl)c2C)cc1. The van der Waals surface area contributed by atoms with E-state index in [1.165, 1.54) is 11.1 Å². The molecule has 0 spiro atoms. The highest BCUT2D eigenvalue weighted by Gasteiger charge is 2.12. The van der Waals surface area contributed by atoms with Crippen molar-refractivity contribution in [3.8, 4) is 5.69 Å². The molecule has 0 aliphatic carbocycles. The number of rotatable bonds is 7. The van der Waals surface area contributed by atoms with Gasteiger partial charge in [-0.05, 0) is 50.6 Å². The van der Waals surface area contributed by atoms with Gasteiger partial charge in [0.25, 0.3) is 0 Å². The van der Waals surface area contributed by atoms with E-state index in [-0.39, 0.29) is 5.91 Å². The van der Waals surface area contributed by atoms with Crippen LogP contribution in [0.2, 0.25) is 10.0 Å². The lowest BCUT2D eigenvalue weighted by Gasteiger charge is -2.11. The minimum absolute atomic E-state index is 0.127. The molecule has 1 N–H and O–H groups in total. The molecule has 7 heteroatoms. The van der Waals surface area contributed by atoms with Crippen LogP contribution in [0.4, 0.5) is 0 Å². The first-order chi connectivity index (χ1) is 14.3. The topological polar surface area (TPSA) is 46.4 Å². The molecular weight excluding hydrogens is 437 g/mol. The van der Waals surface area contributed by atoms with Gasteiger partial charge in [-0.2, -0.15) is 5.10 Å². The van der Waals surface area contributed by atoms with Crippen molar-refractivity contribution in [3.63, 3.8) is 0 Å². The third-order valence-corrected chi connectivity index (χ3v) is 6.18. The Balaban J connectivity index is 1.58. The monoisotopic (exact) mass is 459 g/mol. The largest absolute Gasteiger partial charge is 0.316 e. The summed E-state index contributed by atoms with van der Waals surface area (Å²) in [5.74, 6) is 1.02. The van der Waals surface area contributed by atoms with E-state index in [0.29, 0.717) is 15.8 Å².